The van der Waals surface area contributed by atoms with Gasteiger partial charge in [0.2, 0.25) is 15.9 Å². The molecule has 0 fully saturated rings. The molecule has 1 aromatic heterocycles. The SMILES string of the molecule is C[n+]1[nH]oc(=O)c1SCCC(=O)Nc1ccc(S(N)(=O)=O)cc1. The topological polar surface area (TPSA) is 139 Å². The zero-order valence-corrected chi connectivity index (χ0v) is 13.7. The molecule has 124 valence electrons. The molecule has 0 bridgehead atoms. The molecule has 2 aromatic rings. The van der Waals surface area contributed by atoms with Gasteiger partial charge in [0, 0.05) is 17.9 Å². The van der Waals surface area contributed by atoms with Crippen molar-refractivity contribution in [2.45, 2.75) is 16.3 Å². The van der Waals surface area contributed by atoms with Gasteiger partial charge < -0.3 is 5.32 Å². The van der Waals surface area contributed by atoms with Crippen LogP contribution in [-0.4, -0.2) is 25.3 Å². The molecule has 1 amide bonds. The van der Waals surface area contributed by atoms with Gasteiger partial charge in [0.05, 0.1) is 4.90 Å². The number of aryl methyl sites for hydroxylation is 1. The number of sulfonamides is 1. The molecule has 4 N–H and O–H groups in total. The number of nitrogens with one attached hydrogen (secondary N) is 2. The Morgan fingerprint density at radius 3 is 2.57 bits per heavy atom. The largest absolute Gasteiger partial charge is 0.441 e. The fourth-order valence-electron chi connectivity index (χ4n) is 1.68. The molecule has 1 aromatic carbocycles. The van der Waals surface area contributed by atoms with E-state index >= 15 is 0 Å². The fraction of sp³-hybridized carbons (Fsp3) is 0.250. The zero-order valence-electron chi connectivity index (χ0n) is 12.1. The maximum Gasteiger partial charge on any atom is 0.441 e. The molecule has 0 aliphatic carbocycles. The predicted molar refractivity (Wildman–Crippen MR) is 82.3 cm³/mol. The van der Waals surface area contributed by atoms with Gasteiger partial charge in [-0.1, -0.05) is 4.68 Å². The second kappa shape index (κ2) is 6.98. The van der Waals surface area contributed by atoms with Crippen LogP contribution in [0.1, 0.15) is 6.42 Å². The quantitative estimate of drug-likeness (QED) is 0.472. The molecule has 9 nitrogen and oxygen atoms in total. The normalized spacial score (nSPS) is 11.4. The molecule has 23 heavy (non-hydrogen) atoms. The number of anilines is 1. The van der Waals surface area contributed by atoms with Crippen LogP contribution in [0.15, 0.2) is 43.5 Å². The highest BCUT2D eigenvalue weighted by Crippen LogP contribution is 2.14. The van der Waals surface area contributed by atoms with Gasteiger partial charge in [0.15, 0.2) is 7.05 Å². The number of nitrogens with two attached hydrogens (primary N) is 1. The Morgan fingerprint density at radius 1 is 1.39 bits per heavy atom. The summed E-state index contributed by atoms with van der Waals surface area (Å²) in [6.45, 7) is 0. The van der Waals surface area contributed by atoms with E-state index in [0.29, 0.717) is 16.5 Å². The molecule has 0 saturated heterocycles. The highest BCUT2D eigenvalue weighted by molar-refractivity contribution is 7.99. The summed E-state index contributed by atoms with van der Waals surface area (Å²) in [4.78, 5) is 23.1. The van der Waals surface area contributed by atoms with Crippen LogP contribution in [0.4, 0.5) is 5.69 Å². The van der Waals surface area contributed by atoms with Crippen molar-refractivity contribution in [2.24, 2.45) is 12.2 Å². The van der Waals surface area contributed by atoms with E-state index in [-0.39, 0.29) is 17.2 Å². The number of rotatable bonds is 6. The molecule has 0 aliphatic rings. The summed E-state index contributed by atoms with van der Waals surface area (Å²) in [5.74, 6) is 0.126. The van der Waals surface area contributed by atoms with Gasteiger partial charge in [-0.15, -0.1) is 0 Å². The van der Waals surface area contributed by atoms with Crippen molar-refractivity contribution in [1.82, 2.24) is 5.27 Å². The van der Waals surface area contributed by atoms with Crippen molar-refractivity contribution in [1.29, 1.82) is 0 Å². The zero-order chi connectivity index (χ0) is 17.0. The Bertz CT molecular complexity index is 854. The lowest BCUT2D eigenvalue weighted by atomic mass is 10.3. The lowest BCUT2D eigenvalue weighted by Gasteiger charge is -2.05. The summed E-state index contributed by atoms with van der Waals surface area (Å²) in [6, 6.07) is 5.52. The number of aromatic amines is 1. The number of carbonyl (C=O) groups excluding carboxylic acids is 1. The minimum absolute atomic E-state index is 0.0299. The van der Waals surface area contributed by atoms with Crippen LogP contribution in [0.5, 0.6) is 0 Å². The van der Waals surface area contributed by atoms with Gasteiger partial charge in [-0.2, -0.15) is 0 Å². The number of aromatic nitrogens is 2. The van der Waals surface area contributed by atoms with E-state index in [1.54, 1.807) is 7.05 Å². The van der Waals surface area contributed by atoms with Crippen LogP contribution in [-0.2, 0) is 21.9 Å². The van der Waals surface area contributed by atoms with Crippen LogP contribution in [0.2, 0.25) is 0 Å². The molecular weight excluding hydrogens is 344 g/mol. The Labute approximate surface area is 135 Å². The second-order valence-electron chi connectivity index (χ2n) is 4.56. The highest BCUT2D eigenvalue weighted by atomic mass is 32.2. The van der Waals surface area contributed by atoms with Crippen molar-refractivity contribution >= 4 is 33.4 Å². The van der Waals surface area contributed by atoms with Crippen molar-refractivity contribution in [2.75, 3.05) is 11.1 Å². The van der Waals surface area contributed by atoms with Gasteiger partial charge >= 0.3 is 10.7 Å². The van der Waals surface area contributed by atoms with Gasteiger partial charge in [-0.3, -0.25) is 9.32 Å². The number of benzene rings is 1. The Hall–Kier alpha value is -2.11. The van der Waals surface area contributed by atoms with Crippen LogP contribution in [0, 0.1) is 0 Å². The third-order valence-corrected chi connectivity index (χ3v) is 4.84. The molecule has 0 unspecified atom stereocenters. The summed E-state index contributed by atoms with van der Waals surface area (Å²) in [6.07, 6.45) is 0.173. The van der Waals surface area contributed by atoms with E-state index in [4.69, 9.17) is 5.14 Å². The number of H-pyrrole nitrogens is 1. The summed E-state index contributed by atoms with van der Waals surface area (Å²) in [5.41, 5.74) is -0.0318. The summed E-state index contributed by atoms with van der Waals surface area (Å²) in [7, 11) is -2.13. The first-order valence-corrected chi connectivity index (χ1v) is 8.93. The van der Waals surface area contributed by atoms with E-state index in [0.717, 1.165) is 0 Å². The molecule has 0 radical (unpaired) electrons. The molecule has 0 atom stereocenters. The van der Waals surface area contributed by atoms with Crippen LogP contribution in [0.3, 0.4) is 0 Å². The number of amides is 1. The minimum Gasteiger partial charge on any atom is -0.326 e. The number of carbonyl (C=O) groups is 1. The van der Waals surface area contributed by atoms with E-state index < -0.39 is 15.6 Å². The van der Waals surface area contributed by atoms with Crippen LogP contribution >= 0.6 is 11.8 Å². The summed E-state index contributed by atoms with van der Waals surface area (Å²) >= 11 is 1.19. The van der Waals surface area contributed by atoms with Gasteiger partial charge in [0.1, 0.15) is 0 Å². The van der Waals surface area contributed by atoms with Crippen molar-refractivity contribution in [3.8, 4) is 0 Å². The molecular formula is C12H15N4O5S2+. The first-order chi connectivity index (χ1) is 10.8. The molecule has 0 saturated carbocycles. The lowest BCUT2D eigenvalue weighted by molar-refractivity contribution is -0.772. The third kappa shape index (κ3) is 4.68. The standard InChI is InChI=1S/C12H14N4O5S2/c1-16-11(12(18)21-15-16)22-7-6-10(17)14-8-2-4-9(5-3-8)23(13,19)20/h2-5H,6-7H2,1H3,(H3-,13,14,15,17,18,19,20)/p+1. The lowest BCUT2D eigenvalue weighted by Crippen LogP contribution is -2.33. The van der Waals surface area contributed by atoms with Gasteiger partial charge in [0.25, 0.3) is 0 Å². The average Bonchev–Trinajstić information content (AvgIpc) is 2.78. The molecule has 2 rings (SSSR count). The Morgan fingerprint density at radius 2 is 2.04 bits per heavy atom. The number of hydrogen-bond donors (Lipinski definition) is 3. The predicted octanol–water partition coefficient (Wildman–Crippen LogP) is -0.439. The van der Waals surface area contributed by atoms with E-state index in [2.05, 4.69) is 15.1 Å². The van der Waals surface area contributed by atoms with Crippen molar-refractivity contribution in [3.05, 3.63) is 34.7 Å². The highest BCUT2D eigenvalue weighted by Gasteiger charge is 2.18. The Kier molecular flexibility index (Phi) is 5.23. The maximum atomic E-state index is 11.8. The van der Waals surface area contributed by atoms with Crippen LogP contribution in [0.25, 0.3) is 0 Å². The molecule has 11 heteroatoms. The van der Waals surface area contributed by atoms with Crippen molar-refractivity contribution in [3.63, 3.8) is 0 Å². The molecule has 1 heterocycles. The monoisotopic (exact) mass is 359 g/mol. The number of primary sulfonamides is 1. The van der Waals surface area contributed by atoms with E-state index in [1.807, 2.05) is 0 Å². The van der Waals surface area contributed by atoms with Crippen molar-refractivity contribution < 1.29 is 22.4 Å². The average molecular weight is 359 g/mol. The molecule has 0 aliphatic heterocycles. The summed E-state index contributed by atoms with van der Waals surface area (Å²) < 4.78 is 28.3. The molecule has 0 spiro atoms. The smallest absolute Gasteiger partial charge is 0.326 e. The Balaban J connectivity index is 1.86. The number of nitrogens with zero attached hydrogens (tertiary/aromatic N) is 1. The first-order valence-electron chi connectivity index (χ1n) is 6.40. The van der Waals surface area contributed by atoms with E-state index in [9.17, 15) is 18.0 Å². The number of thioether (sulfide) groups is 1. The minimum atomic E-state index is -3.76. The van der Waals surface area contributed by atoms with Crippen LogP contribution < -0.4 is 20.8 Å². The number of hydrogen-bond acceptors (Lipinski definition) is 6. The van der Waals surface area contributed by atoms with Gasteiger partial charge in [-0.25, -0.2) is 18.4 Å². The van der Waals surface area contributed by atoms with Gasteiger partial charge in [-0.05, 0) is 41.3 Å². The summed E-state index contributed by atoms with van der Waals surface area (Å²) in [5, 5.41) is 10.4. The van der Waals surface area contributed by atoms with E-state index in [1.165, 1.54) is 40.7 Å². The first kappa shape index (κ1) is 17.2. The fourth-order valence-corrected chi connectivity index (χ4v) is 3.07. The maximum absolute atomic E-state index is 11.8. The second-order valence-corrected chi connectivity index (χ2v) is 7.21. The third-order valence-electron chi connectivity index (χ3n) is 2.79.